The molecule has 0 saturated heterocycles. The van der Waals surface area contributed by atoms with Crippen molar-refractivity contribution in [2.24, 2.45) is 11.8 Å². The topological polar surface area (TPSA) is 0 Å². The number of halogens is 3. The SMILES string of the molecule is C/C=C(/C=C\CC)CC(C)[C@@H](C)CCC(F)(F)F. The third-order valence-electron chi connectivity index (χ3n) is 3.35. The summed E-state index contributed by atoms with van der Waals surface area (Å²) in [5.74, 6) is 0.372. The third kappa shape index (κ3) is 8.37. The summed E-state index contributed by atoms with van der Waals surface area (Å²) in [5.41, 5.74) is 1.21. The van der Waals surface area contributed by atoms with Gasteiger partial charge in [-0.25, -0.2) is 0 Å². The van der Waals surface area contributed by atoms with Crippen LogP contribution in [-0.2, 0) is 0 Å². The molecule has 2 atom stereocenters. The quantitative estimate of drug-likeness (QED) is 0.501. The fourth-order valence-corrected chi connectivity index (χ4v) is 1.80. The number of alkyl halides is 3. The van der Waals surface area contributed by atoms with Crippen molar-refractivity contribution >= 4 is 0 Å². The number of rotatable bonds is 7. The van der Waals surface area contributed by atoms with Gasteiger partial charge in [-0.15, -0.1) is 0 Å². The van der Waals surface area contributed by atoms with Crippen LogP contribution in [0.4, 0.5) is 13.2 Å². The van der Waals surface area contributed by atoms with Crippen LogP contribution in [0.2, 0.25) is 0 Å². The molecule has 106 valence electrons. The Kier molecular flexibility index (Phi) is 8.05. The predicted molar refractivity (Wildman–Crippen MR) is 71.4 cm³/mol. The average Bonchev–Trinajstić information content (AvgIpc) is 2.30. The first-order valence-corrected chi connectivity index (χ1v) is 6.68. The van der Waals surface area contributed by atoms with E-state index in [9.17, 15) is 13.2 Å². The van der Waals surface area contributed by atoms with Crippen molar-refractivity contribution < 1.29 is 13.2 Å². The van der Waals surface area contributed by atoms with Crippen LogP contribution in [0.3, 0.4) is 0 Å². The van der Waals surface area contributed by atoms with Gasteiger partial charge in [0.25, 0.3) is 0 Å². The second-order valence-corrected chi connectivity index (χ2v) is 4.99. The molecule has 0 heterocycles. The molecule has 3 heteroatoms. The molecule has 0 radical (unpaired) electrons. The van der Waals surface area contributed by atoms with Crippen molar-refractivity contribution in [2.75, 3.05) is 0 Å². The summed E-state index contributed by atoms with van der Waals surface area (Å²) < 4.78 is 36.5. The first-order chi connectivity index (χ1) is 8.30. The van der Waals surface area contributed by atoms with Gasteiger partial charge >= 0.3 is 6.18 Å². The minimum atomic E-state index is -4.03. The molecular weight excluding hydrogens is 237 g/mol. The van der Waals surface area contributed by atoms with E-state index in [0.717, 1.165) is 12.8 Å². The Labute approximate surface area is 109 Å². The zero-order valence-electron chi connectivity index (χ0n) is 11.8. The minimum Gasteiger partial charge on any atom is -0.171 e. The molecule has 0 spiro atoms. The smallest absolute Gasteiger partial charge is 0.171 e. The van der Waals surface area contributed by atoms with Gasteiger partial charge in [-0.3, -0.25) is 0 Å². The van der Waals surface area contributed by atoms with Crippen LogP contribution in [0, 0.1) is 11.8 Å². The van der Waals surface area contributed by atoms with E-state index < -0.39 is 12.6 Å². The van der Waals surface area contributed by atoms with Gasteiger partial charge in [0, 0.05) is 6.42 Å². The van der Waals surface area contributed by atoms with Crippen molar-refractivity contribution in [3.8, 4) is 0 Å². The minimum absolute atomic E-state index is 0.0941. The standard InChI is InChI=1S/C15H25F3/c1-5-7-8-14(6-2)11-13(4)12(3)9-10-15(16,17)18/h6-8,12-13H,5,9-11H2,1-4H3/b8-7-,14-6-/t12-,13?/m0/s1. The van der Waals surface area contributed by atoms with Crippen molar-refractivity contribution in [2.45, 2.75) is 59.6 Å². The van der Waals surface area contributed by atoms with Gasteiger partial charge in [0.1, 0.15) is 0 Å². The highest BCUT2D eigenvalue weighted by Crippen LogP contribution is 2.29. The molecule has 0 aromatic carbocycles. The molecule has 0 aliphatic carbocycles. The fraction of sp³-hybridized carbons (Fsp3) is 0.733. The molecule has 0 aliphatic rings. The molecule has 0 aromatic heterocycles. The number of allylic oxidation sites excluding steroid dienone is 4. The lowest BCUT2D eigenvalue weighted by atomic mass is 9.86. The Bertz CT molecular complexity index is 274. The van der Waals surface area contributed by atoms with E-state index >= 15 is 0 Å². The molecule has 18 heavy (non-hydrogen) atoms. The lowest BCUT2D eigenvalue weighted by molar-refractivity contribution is -0.138. The lowest BCUT2D eigenvalue weighted by Crippen LogP contribution is -2.14. The van der Waals surface area contributed by atoms with Crippen LogP contribution < -0.4 is 0 Å². The van der Waals surface area contributed by atoms with Gasteiger partial charge in [0.2, 0.25) is 0 Å². The molecule has 0 fully saturated rings. The highest BCUT2D eigenvalue weighted by Gasteiger charge is 2.28. The molecular formula is C15H25F3. The summed E-state index contributed by atoms with van der Waals surface area (Å²) in [7, 11) is 0. The Hall–Kier alpha value is -0.730. The van der Waals surface area contributed by atoms with E-state index in [1.807, 2.05) is 26.8 Å². The molecule has 1 unspecified atom stereocenters. The lowest BCUT2D eigenvalue weighted by Gasteiger charge is -2.21. The molecule has 0 saturated carbocycles. The molecule has 0 aromatic rings. The maximum Gasteiger partial charge on any atom is 0.389 e. The van der Waals surface area contributed by atoms with Crippen LogP contribution in [-0.4, -0.2) is 6.18 Å². The zero-order chi connectivity index (χ0) is 14.2. The predicted octanol–water partition coefficient (Wildman–Crippen LogP) is 5.90. The van der Waals surface area contributed by atoms with Crippen molar-refractivity contribution in [1.29, 1.82) is 0 Å². The van der Waals surface area contributed by atoms with Crippen molar-refractivity contribution in [3.05, 3.63) is 23.8 Å². The van der Waals surface area contributed by atoms with Gasteiger partial charge in [0.05, 0.1) is 0 Å². The van der Waals surface area contributed by atoms with E-state index in [0.29, 0.717) is 0 Å². The Morgan fingerprint density at radius 1 is 1.17 bits per heavy atom. The molecule has 0 rings (SSSR count). The van der Waals surface area contributed by atoms with E-state index in [-0.39, 0.29) is 18.3 Å². The molecule has 0 amide bonds. The first-order valence-electron chi connectivity index (χ1n) is 6.68. The highest BCUT2D eigenvalue weighted by atomic mass is 19.4. The van der Waals surface area contributed by atoms with Crippen LogP contribution in [0.1, 0.15) is 53.4 Å². The van der Waals surface area contributed by atoms with Crippen LogP contribution in [0.25, 0.3) is 0 Å². The largest absolute Gasteiger partial charge is 0.389 e. The summed E-state index contributed by atoms with van der Waals surface area (Å²) in [6, 6.07) is 0. The Balaban J connectivity index is 4.21. The second-order valence-electron chi connectivity index (χ2n) is 4.99. The summed E-state index contributed by atoms with van der Waals surface area (Å²) in [5, 5.41) is 0. The normalized spacial score (nSPS) is 17.2. The summed E-state index contributed by atoms with van der Waals surface area (Å²) in [6.45, 7) is 7.99. The van der Waals surface area contributed by atoms with Crippen LogP contribution >= 0.6 is 0 Å². The van der Waals surface area contributed by atoms with Crippen LogP contribution in [0.5, 0.6) is 0 Å². The van der Waals surface area contributed by atoms with Gasteiger partial charge in [-0.1, -0.05) is 44.6 Å². The van der Waals surface area contributed by atoms with E-state index in [1.54, 1.807) is 0 Å². The van der Waals surface area contributed by atoms with Gasteiger partial charge in [-0.05, 0) is 38.0 Å². The van der Waals surface area contributed by atoms with E-state index in [2.05, 4.69) is 19.1 Å². The van der Waals surface area contributed by atoms with Crippen molar-refractivity contribution in [3.63, 3.8) is 0 Å². The second kappa shape index (κ2) is 8.39. The monoisotopic (exact) mass is 262 g/mol. The number of hydrogen-bond donors (Lipinski definition) is 0. The van der Waals surface area contributed by atoms with Gasteiger partial charge in [-0.2, -0.15) is 13.2 Å². The van der Waals surface area contributed by atoms with Crippen LogP contribution in [0.15, 0.2) is 23.8 Å². The summed E-state index contributed by atoms with van der Waals surface area (Å²) >= 11 is 0. The zero-order valence-corrected chi connectivity index (χ0v) is 11.8. The third-order valence-corrected chi connectivity index (χ3v) is 3.35. The first kappa shape index (κ1) is 17.3. The maximum atomic E-state index is 12.2. The maximum absolute atomic E-state index is 12.2. The van der Waals surface area contributed by atoms with Gasteiger partial charge < -0.3 is 0 Å². The molecule has 0 nitrogen and oxygen atoms in total. The number of hydrogen-bond acceptors (Lipinski definition) is 0. The molecule has 0 N–H and O–H groups in total. The highest BCUT2D eigenvalue weighted by molar-refractivity contribution is 5.18. The molecule has 0 bridgehead atoms. The van der Waals surface area contributed by atoms with E-state index in [4.69, 9.17) is 0 Å². The average molecular weight is 262 g/mol. The fourth-order valence-electron chi connectivity index (χ4n) is 1.80. The Morgan fingerprint density at radius 3 is 2.22 bits per heavy atom. The summed E-state index contributed by atoms with van der Waals surface area (Å²) in [4.78, 5) is 0. The molecule has 0 aliphatic heterocycles. The summed E-state index contributed by atoms with van der Waals surface area (Å²) in [6.07, 6.45) is 3.56. The van der Waals surface area contributed by atoms with Crippen molar-refractivity contribution in [1.82, 2.24) is 0 Å². The Morgan fingerprint density at radius 2 is 1.78 bits per heavy atom. The van der Waals surface area contributed by atoms with Gasteiger partial charge in [0.15, 0.2) is 0 Å². The van der Waals surface area contributed by atoms with E-state index in [1.165, 1.54) is 5.57 Å².